The summed E-state index contributed by atoms with van der Waals surface area (Å²) in [6.45, 7) is 11.7. The highest BCUT2D eigenvalue weighted by atomic mass is 35.5. The van der Waals surface area contributed by atoms with E-state index in [0.717, 1.165) is 10.9 Å². The van der Waals surface area contributed by atoms with Crippen LogP contribution in [0.2, 0.25) is 5.02 Å². The van der Waals surface area contributed by atoms with Gasteiger partial charge >= 0.3 is 5.63 Å². The van der Waals surface area contributed by atoms with Gasteiger partial charge in [0.1, 0.15) is 11.4 Å². The Morgan fingerprint density at radius 2 is 1.68 bits per heavy atom. The third-order valence-corrected chi connectivity index (χ3v) is 3.54. The van der Waals surface area contributed by atoms with Gasteiger partial charge in [-0.1, -0.05) is 64.1 Å². The zero-order valence-electron chi connectivity index (χ0n) is 14.9. The van der Waals surface area contributed by atoms with Gasteiger partial charge in [0.15, 0.2) is 0 Å². The first kappa shape index (κ1) is 20.7. The molecule has 1 heterocycles. The molecule has 0 bridgehead atoms. The van der Waals surface area contributed by atoms with E-state index in [2.05, 4.69) is 6.58 Å². The van der Waals surface area contributed by atoms with E-state index in [-0.39, 0.29) is 5.02 Å². The zero-order chi connectivity index (χ0) is 19.0. The van der Waals surface area contributed by atoms with E-state index < -0.39 is 11.4 Å². The smallest absolute Gasteiger partial charge is 0.336 e. The molecule has 0 N–H and O–H groups in total. The maximum absolute atomic E-state index is 13.2. The molecule has 132 valence electrons. The molecule has 0 aliphatic rings. The first-order chi connectivity index (χ1) is 12.1. The van der Waals surface area contributed by atoms with E-state index >= 15 is 0 Å². The molecule has 3 aromatic rings. The van der Waals surface area contributed by atoms with Gasteiger partial charge in [-0.05, 0) is 29.8 Å². The lowest BCUT2D eigenvalue weighted by Crippen LogP contribution is -1.98. The van der Waals surface area contributed by atoms with Crippen LogP contribution in [0.15, 0.2) is 58.3 Å². The predicted molar refractivity (Wildman–Crippen MR) is 106 cm³/mol. The van der Waals surface area contributed by atoms with Gasteiger partial charge < -0.3 is 4.42 Å². The summed E-state index contributed by atoms with van der Waals surface area (Å²) in [7, 11) is 0. The number of rotatable bonds is 2. The van der Waals surface area contributed by atoms with Crippen molar-refractivity contribution < 1.29 is 8.81 Å². The minimum Gasteiger partial charge on any atom is -0.423 e. The second kappa shape index (κ2) is 9.80. The Balaban J connectivity index is 0.000000730. The third-order valence-electron chi connectivity index (χ3n) is 3.23. The molecule has 1 aromatic heterocycles. The van der Waals surface area contributed by atoms with Crippen LogP contribution in [0.25, 0.3) is 28.2 Å². The van der Waals surface area contributed by atoms with Gasteiger partial charge in [-0.3, -0.25) is 0 Å². The number of fused-ring (bicyclic) bond motifs is 1. The monoisotopic (exact) mass is 360 g/mol. The molecule has 0 unspecified atom stereocenters. The molecule has 4 heteroatoms. The van der Waals surface area contributed by atoms with E-state index in [4.69, 9.17) is 16.0 Å². The summed E-state index contributed by atoms with van der Waals surface area (Å²) in [6, 6.07) is 10.8. The molecular formula is C21H22ClFO2. The quantitative estimate of drug-likeness (QED) is 0.463. The van der Waals surface area contributed by atoms with Gasteiger partial charge in [-0.2, -0.15) is 0 Å². The molecule has 0 aliphatic carbocycles. The average molecular weight is 361 g/mol. The Bertz CT molecular complexity index is 913. The van der Waals surface area contributed by atoms with Crippen LogP contribution < -0.4 is 5.63 Å². The molecule has 2 aromatic carbocycles. The summed E-state index contributed by atoms with van der Waals surface area (Å²) in [5.41, 5.74) is 1.99. The van der Waals surface area contributed by atoms with E-state index in [1.165, 1.54) is 18.2 Å². The van der Waals surface area contributed by atoms with Gasteiger partial charge in [0.05, 0.1) is 5.02 Å². The molecule has 0 fully saturated rings. The SMILES string of the molecule is C=Cc1ccc2c(-c3ccc(F)cc3Cl)cc(=O)oc2c1.CC.CC. The van der Waals surface area contributed by atoms with Crippen LogP contribution in [0, 0.1) is 5.82 Å². The van der Waals surface area contributed by atoms with Crippen molar-refractivity contribution in [3.05, 3.63) is 75.9 Å². The normalized spacial score (nSPS) is 9.52. The molecule has 0 saturated heterocycles. The van der Waals surface area contributed by atoms with Crippen LogP contribution in [-0.2, 0) is 0 Å². The Kier molecular flexibility index (Phi) is 8.09. The fourth-order valence-corrected chi connectivity index (χ4v) is 2.51. The summed E-state index contributed by atoms with van der Waals surface area (Å²) >= 11 is 6.09. The summed E-state index contributed by atoms with van der Waals surface area (Å²) in [5, 5.41) is 0.975. The lowest BCUT2D eigenvalue weighted by molar-refractivity contribution is 0.561. The molecule has 0 aliphatic heterocycles. The minimum absolute atomic E-state index is 0.245. The Hall–Kier alpha value is -2.39. The van der Waals surface area contributed by atoms with E-state index in [1.807, 2.05) is 39.8 Å². The Morgan fingerprint density at radius 3 is 2.28 bits per heavy atom. The molecule has 0 atom stereocenters. The van der Waals surface area contributed by atoms with Gasteiger partial charge in [-0.25, -0.2) is 9.18 Å². The van der Waals surface area contributed by atoms with E-state index in [9.17, 15) is 9.18 Å². The third kappa shape index (κ3) is 4.80. The van der Waals surface area contributed by atoms with Crippen molar-refractivity contribution in [1.82, 2.24) is 0 Å². The fourth-order valence-electron chi connectivity index (χ4n) is 2.24. The number of benzene rings is 2. The van der Waals surface area contributed by atoms with Crippen LogP contribution in [-0.4, -0.2) is 0 Å². The highest BCUT2D eigenvalue weighted by molar-refractivity contribution is 6.33. The summed E-state index contributed by atoms with van der Waals surface area (Å²) < 4.78 is 18.4. The van der Waals surface area contributed by atoms with Crippen molar-refractivity contribution in [2.75, 3.05) is 0 Å². The Labute approximate surface area is 152 Å². The lowest BCUT2D eigenvalue weighted by Gasteiger charge is -2.08. The highest BCUT2D eigenvalue weighted by Gasteiger charge is 2.11. The molecule has 3 rings (SSSR count). The molecular weight excluding hydrogens is 339 g/mol. The molecule has 25 heavy (non-hydrogen) atoms. The van der Waals surface area contributed by atoms with Gasteiger partial charge in [0, 0.05) is 22.6 Å². The fraction of sp³-hybridized carbons (Fsp3) is 0.190. The van der Waals surface area contributed by atoms with Crippen LogP contribution in [0.1, 0.15) is 33.3 Å². The summed E-state index contributed by atoms with van der Waals surface area (Å²) in [5.74, 6) is -0.426. The average Bonchev–Trinajstić information content (AvgIpc) is 2.64. The second-order valence-corrected chi connectivity index (χ2v) is 4.97. The lowest BCUT2D eigenvalue weighted by atomic mass is 10.0. The first-order valence-electron chi connectivity index (χ1n) is 8.24. The summed E-state index contributed by atoms with van der Waals surface area (Å²) in [4.78, 5) is 11.7. The number of hydrogen-bond acceptors (Lipinski definition) is 2. The second-order valence-electron chi connectivity index (χ2n) is 4.56. The van der Waals surface area contributed by atoms with Crippen LogP contribution in [0.3, 0.4) is 0 Å². The molecule has 0 spiro atoms. The topological polar surface area (TPSA) is 30.2 Å². The van der Waals surface area contributed by atoms with Crippen LogP contribution in [0.4, 0.5) is 4.39 Å². The zero-order valence-corrected chi connectivity index (χ0v) is 15.7. The predicted octanol–water partition coefficient (Wildman–Crippen LogP) is 6.95. The highest BCUT2D eigenvalue weighted by Crippen LogP contribution is 2.33. The van der Waals surface area contributed by atoms with Crippen molar-refractivity contribution >= 4 is 28.6 Å². The van der Waals surface area contributed by atoms with Crippen molar-refractivity contribution in [3.8, 4) is 11.1 Å². The van der Waals surface area contributed by atoms with Crippen molar-refractivity contribution in [3.63, 3.8) is 0 Å². The summed E-state index contributed by atoms with van der Waals surface area (Å²) in [6.07, 6.45) is 1.66. The van der Waals surface area contributed by atoms with E-state index in [0.29, 0.717) is 16.7 Å². The number of halogens is 2. The molecule has 2 nitrogen and oxygen atoms in total. The largest absolute Gasteiger partial charge is 0.423 e. The number of hydrogen-bond donors (Lipinski definition) is 0. The molecule has 0 radical (unpaired) electrons. The van der Waals surface area contributed by atoms with Crippen LogP contribution >= 0.6 is 11.6 Å². The van der Waals surface area contributed by atoms with Crippen molar-refractivity contribution in [1.29, 1.82) is 0 Å². The minimum atomic E-state index is -0.487. The van der Waals surface area contributed by atoms with Crippen molar-refractivity contribution in [2.24, 2.45) is 0 Å². The van der Waals surface area contributed by atoms with Gasteiger partial charge in [0.2, 0.25) is 0 Å². The van der Waals surface area contributed by atoms with Gasteiger partial charge in [0.25, 0.3) is 0 Å². The molecule has 0 saturated carbocycles. The Morgan fingerprint density at radius 1 is 1.00 bits per heavy atom. The van der Waals surface area contributed by atoms with Crippen LogP contribution in [0.5, 0.6) is 0 Å². The maximum Gasteiger partial charge on any atom is 0.336 e. The first-order valence-corrected chi connectivity index (χ1v) is 8.62. The van der Waals surface area contributed by atoms with Gasteiger partial charge in [-0.15, -0.1) is 0 Å². The maximum atomic E-state index is 13.2. The molecule has 0 amide bonds. The standard InChI is InChI=1S/C17H10ClFO2.2C2H6/c1-2-10-3-5-13-14(9-17(20)21-16(13)7-10)12-6-4-11(19)8-15(12)18;2*1-2/h2-9H,1H2;2*1-2H3. The van der Waals surface area contributed by atoms with E-state index in [1.54, 1.807) is 18.2 Å². The van der Waals surface area contributed by atoms with Crippen molar-refractivity contribution in [2.45, 2.75) is 27.7 Å².